The highest BCUT2D eigenvalue weighted by Crippen LogP contribution is 2.25. The lowest BCUT2D eigenvalue weighted by Gasteiger charge is -2.16. The van der Waals surface area contributed by atoms with Gasteiger partial charge in [0.25, 0.3) is 0 Å². The average Bonchev–Trinajstić information content (AvgIpc) is 2.16. The molecule has 0 saturated heterocycles. The van der Waals surface area contributed by atoms with Crippen molar-refractivity contribution >= 4 is 11.6 Å². The Balaban J connectivity index is 2.84. The lowest BCUT2D eigenvalue weighted by atomic mass is 10.0. The number of hydrogen-bond acceptors (Lipinski definition) is 1. The fourth-order valence-corrected chi connectivity index (χ4v) is 1.77. The molecule has 0 aliphatic rings. The molecule has 0 aliphatic heterocycles. The summed E-state index contributed by atoms with van der Waals surface area (Å²) in [5, 5.41) is 4.13. The van der Waals surface area contributed by atoms with E-state index in [0.717, 1.165) is 17.9 Å². The quantitative estimate of drug-likeness (QED) is 0.780. The van der Waals surface area contributed by atoms with Crippen molar-refractivity contribution in [3.63, 3.8) is 0 Å². The first-order valence-corrected chi connectivity index (χ1v) is 5.09. The van der Waals surface area contributed by atoms with Gasteiger partial charge >= 0.3 is 0 Å². The molecule has 1 nitrogen and oxygen atoms in total. The largest absolute Gasteiger partial charge is 0.313 e. The van der Waals surface area contributed by atoms with Crippen LogP contribution in [0.15, 0.2) is 24.3 Å². The van der Waals surface area contributed by atoms with E-state index in [9.17, 15) is 0 Å². The van der Waals surface area contributed by atoms with Crippen LogP contribution in [0.25, 0.3) is 0 Å². The van der Waals surface area contributed by atoms with Gasteiger partial charge in [-0.3, -0.25) is 0 Å². The van der Waals surface area contributed by atoms with Gasteiger partial charge < -0.3 is 5.32 Å². The summed E-state index contributed by atoms with van der Waals surface area (Å²) < 4.78 is 0. The second kappa shape index (κ2) is 5.25. The Bertz CT molecular complexity index is 260. The minimum atomic E-state index is 0.388. The van der Waals surface area contributed by atoms with E-state index in [4.69, 9.17) is 11.6 Å². The number of hydrogen-bond donors (Lipinski definition) is 1. The van der Waals surface area contributed by atoms with Gasteiger partial charge in [0.2, 0.25) is 0 Å². The predicted octanol–water partition coefficient (Wildman–Crippen LogP) is 3.40. The number of nitrogens with one attached hydrogen (secondary N) is 1. The van der Waals surface area contributed by atoms with Crippen LogP contribution in [-0.4, -0.2) is 7.05 Å². The van der Waals surface area contributed by atoms with Crippen molar-refractivity contribution in [3.8, 4) is 0 Å². The molecule has 0 aromatic heterocycles. The minimum Gasteiger partial charge on any atom is -0.313 e. The number of rotatable bonds is 4. The standard InChI is InChI=1S/C11H16ClN/c1-3-6-11(13-2)9-7-4-5-8-10(9)12/h4-5,7-8,11,13H,3,6H2,1-2H3. The lowest BCUT2D eigenvalue weighted by Crippen LogP contribution is -2.16. The molecule has 0 saturated carbocycles. The summed E-state index contributed by atoms with van der Waals surface area (Å²) in [6.07, 6.45) is 2.29. The maximum absolute atomic E-state index is 6.09. The highest BCUT2D eigenvalue weighted by Gasteiger charge is 2.10. The van der Waals surface area contributed by atoms with Crippen LogP contribution < -0.4 is 5.32 Å². The van der Waals surface area contributed by atoms with Gasteiger partial charge in [0.05, 0.1) is 0 Å². The summed E-state index contributed by atoms with van der Waals surface area (Å²) in [4.78, 5) is 0. The molecule has 72 valence electrons. The summed E-state index contributed by atoms with van der Waals surface area (Å²) in [7, 11) is 1.98. The monoisotopic (exact) mass is 197 g/mol. The van der Waals surface area contributed by atoms with E-state index in [0.29, 0.717) is 6.04 Å². The first-order valence-electron chi connectivity index (χ1n) is 4.71. The third-order valence-corrected chi connectivity index (χ3v) is 2.55. The highest BCUT2D eigenvalue weighted by molar-refractivity contribution is 6.31. The Kier molecular flexibility index (Phi) is 4.26. The Morgan fingerprint density at radius 3 is 2.62 bits per heavy atom. The molecule has 1 rings (SSSR count). The molecule has 1 unspecified atom stereocenters. The maximum Gasteiger partial charge on any atom is 0.0453 e. The summed E-state index contributed by atoms with van der Waals surface area (Å²) in [5.41, 5.74) is 1.20. The van der Waals surface area contributed by atoms with E-state index in [1.807, 2.05) is 25.2 Å². The van der Waals surface area contributed by atoms with Gasteiger partial charge in [-0.05, 0) is 25.1 Å². The molecule has 0 aliphatic carbocycles. The molecular weight excluding hydrogens is 182 g/mol. The molecule has 2 heteroatoms. The smallest absolute Gasteiger partial charge is 0.0453 e. The van der Waals surface area contributed by atoms with Gasteiger partial charge in [0, 0.05) is 11.1 Å². The summed E-state index contributed by atoms with van der Waals surface area (Å²) in [5.74, 6) is 0. The van der Waals surface area contributed by atoms with Crippen molar-refractivity contribution in [1.82, 2.24) is 5.32 Å². The third-order valence-electron chi connectivity index (χ3n) is 2.21. The van der Waals surface area contributed by atoms with Crippen LogP contribution >= 0.6 is 11.6 Å². The number of halogens is 1. The molecule has 1 atom stereocenters. The average molecular weight is 198 g/mol. The first-order chi connectivity index (χ1) is 6.29. The minimum absolute atomic E-state index is 0.388. The van der Waals surface area contributed by atoms with Crippen LogP contribution in [0.4, 0.5) is 0 Å². The van der Waals surface area contributed by atoms with E-state index in [1.165, 1.54) is 5.56 Å². The van der Waals surface area contributed by atoms with E-state index in [2.05, 4.69) is 18.3 Å². The molecule has 0 bridgehead atoms. The van der Waals surface area contributed by atoms with Crippen LogP contribution in [0.1, 0.15) is 31.4 Å². The van der Waals surface area contributed by atoms with Crippen molar-refractivity contribution in [3.05, 3.63) is 34.9 Å². The Morgan fingerprint density at radius 1 is 1.38 bits per heavy atom. The van der Waals surface area contributed by atoms with E-state index < -0.39 is 0 Å². The fraction of sp³-hybridized carbons (Fsp3) is 0.455. The van der Waals surface area contributed by atoms with Gasteiger partial charge in [-0.2, -0.15) is 0 Å². The normalized spacial score (nSPS) is 12.8. The highest BCUT2D eigenvalue weighted by atomic mass is 35.5. The molecule has 1 N–H and O–H groups in total. The van der Waals surface area contributed by atoms with Crippen molar-refractivity contribution in [2.24, 2.45) is 0 Å². The van der Waals surface area contributed by atoms with Gasteiger partial charge in [-0.15, -0.1) is 0 Å². The van der Waals surface area contributed by atoms with Crippen LogP contribution in [0.5, 0.6) is 0 Å². The predicted molar refractivity (Wildman–Crippen MR) is 58.2 cm³/mol. The summed E-state index contributed by atoms with van der Waals surface area (Å²) >= 11 is 6.09. The van der Waals surface area contributed by atoms with Crippen LogP contribution in [0.2, 0.25) is 5.02 Å². The molecule has 1 aromatic carbocycles. The molecule has 13 heavy (non-hydrogen) atoms. The SMILES string of the molecule is CCCC(NC)c1ccccc1Cl. The molecule has 0 radical (unpaired) electrons. The van der Waals surface area contributed by atoms with Crippen LogP contribution in [0.3, 0.4) is 0 Å². The Hall–Kier alpha value is -0.530. The maximum atomic E-state index is 6.09. The topological polar surface area (TPSA) is 12.0 Å². The number of benzene rings is 1. The van der Waals surface area contributed by atoms with Gasteiger partial charge in [-0.25, -0.2) is 0 Å². The zero-order valence-electron chi connectivity index (χ0n) is 8.18. The summed E-state index contributed by atoms with van der Waals surface area (Å²) in [6.45, 7) is 2.18. The zero-order valence-corrected chi connectivity index (χ0v) is 8.93. The third kappa shape index (κ3) is 2.71. The van der Waals surface area contributed by atoms with E-state index in [-0.39, 0.29) is 0 Å². The molecule has 0 spiro atoms. The van der Waals surface area contributed by atoms with Crippen LogP contribution in [0, 0.1) is 0 Å². The molecule has 1 aromatic rings. The first kappa shape index (κ1) is 10.6. The second-order valence-corrected chi connectivity index (χ2v) is 3.56. The zero-order chi connectivity index (χ0) is 9.68. The van der Waals surface area contributed by atoms with Crippen molar-refractivity contribution in [1.29, 1.82) is 0 Å². The van der Waals surface area contributed by atoms with Crippen molar-refractivity contribution in [2.45, 2.75) is 25.8 Å². The van der Waals surface area contributed by atoms with Crippen molar-refractivity contribution < 1.29 is 0 Å². The van der Waals surface area contributed by atoms with E-state index >= 15 is 0 Å². The van der Waals surface area contributed by atoms with Crippen molar-refractivity contribution in [2.75, 3.05) is 7.05 Å². The molecule has 0 amide bonds. The molecule has 0 heterocycles. The summed E-state index contributed by atoms with van der Waals surface area (Å²) in [6, 6.07) is 8.40. The molecular formula is C11H16ClN. The Morgan fingerprint density at radius 2 is 2.08 bits per heavy atom. The Labute approximate surface area is 85.1 Å². The van der Waals surface area contributed by atoms with Gasteiger partial charge in [0.1, 0.15) is 0 Å². The van der Waals surface area contributed by atoms with Crippen LogP contribution in [-0.2, 0) is 0 Å². The second-order valence-electron chi connectivity index (χ2n) is 3.15. The fourth-order valence-electron chi connectivity index (χ4n) is 1.50. The molecule has 0 fully saturated rings. The van der Waals surface area contributed by atoms with Gasteiger partial charge in [0.15, 0.2) is 0 Å². The lowest BCUT2D eigenvalue weighted by molar-refractivity contribution is 0.542. The van der Waals surface area contributed by atoms with Gasteiger partial charge in [-0.1, -0.05) is 43.1 Å². The van der Waals surface area contributed by atoms with E-state index in [1.54, 1.807) is 0 Å².